The van der Waals surface area contributed by atoms with Gasteiger partial charge in [0, 0.05) is 6.08 Å². The summed E-state index contributed by atoms with van der Waals surface area (Å²) >= 11 is 0. The zero-order chi connectivity index (χ0) is 12.1. The Hall–Kier alpha value is -2.17. The molecular formula is C11H11NO4. The van der Waals surface area contributed by atoms with E-state index < -0.39 is 17.8 Å². The van der Waals surface area contributed by atoms with Crippen molar-refractivity contribution in [2.45, 2.75) is 13.8 Å². The molecule has 0 aliphatic carbocycles. The van der Waals surface area contributed by atoms with Gasteiger partial charge in [0.1, 0.15) is 0 Å². The highest BCUT2D eigenvalue weighted by atomic mass is 16.5. The van der Waals surface area contributed by atoms with Crippen molar-refractivity contribution in [2.75, 3.05) is 0 Å². The Morgan fingerprint density at radius 3 is 2.44 bits per heavy atom. The lowest BCUT2D eigenvalue weighted by molar-refractivity contribution is -0.138. The molecule has 5 heteroatoms. The van der Waals surface area contributed by atoms with E-state index >= 15 is 0 Å². The average molecular weight is 221 g/mol. The normalized spacial score (nSPS) is 16.4. The van der Waals surface area contributed by atoms with Gasteiger partial charge in [-0.2, -0.15) is 0 Å². The molecule has 0 spiro atoms. The number of imide groups is 1. The monoisotopic (exact) mass is 221 g/mol. The molecule has 0 fully saturated rings. The van der Waals surface area contributed by atoms with Crippen LogP contribution in [-0.2, 0) is 19.1 Å². The number of ether oxygens (including phenoxy) is 1. The third-order valence-corrected chi connectivity index (χ3v) is 1.85. The van der Waals surface area contributed by atoms with Crippen molar-refractivity contribution in [3.8, 4) is 0 Å². The summed E-state index contributed by atoms with van der Waals surface area (Å²) in [7, 11) is 0. The fraction of sp³-hybridized carbons (Fsp3) is 0.182. The Morgan fingerprint density at radius 2 is 1.94 bits per heavy atom. The van der Waals surface area contributed by atoms with Crippen molar-refractivity contribution in [3.05, 3.63) is 35.6 Å². The second-order valence-electron chi connectivity index (χ2n) is 3.04. The highest BCUT2D eigenvalue weighted by Gasteiger charge is 2.29. The minimum absolute atomic E-state index is 0.109. The van der Waals surface area contributed by atoms with Gasteiger partial charge in [-0.1, -0.05) is 18.2 Å². The topological polar surface area (TPSA) is 72.5 Å². The maximum absolute atomic E-state index is 11.2. The predicted molar refractivity (Wildman–Crippen MR) is 55.9 cm³/mol. The van der Waals surface area contributed by atoms with Crippen LogP contribution in [0.2, 0.25) is 0 Å². The summed E-state index contributed by atoms with van der Waals surface area (Å²) in [4.78, 5) is 33.4. The molecule has 0 aromatic rings. The van der Waals surface area contributed by atoms with E-state index in [2.05, 4.69) is 0 Å². The van der Waals surface area contributed by atoms with E-state index in [4.69, 9.17) is 4.74 Å². The van der Waals surface area contributed by atoms with Crippen LogP contribution in [0.1, 0.15) is 13.8 Å². The van der Waals surface area contributed by atoms with E-state index in [9.17, 15) is 14.4 Å². The molecule has 0 aromatic heterocycles. The van der Waals surface area contributed by atoms with Crippen LogP contribution in [0.15, 0.2) is 35.6 Å². The fourth-order valence-corrected chi connectivity index (χ4v) is 1.03. The number of carbonyl (C=O) groups is 3. The van der Waals surface area contributed by atoms with E-state index in [1.165, 1.54) is 13.0 Å². The predicted octanol–water partition coefficient (Wildman–Crippen LogP) is 0.592. The van der Waals surface area contributed by atoms with E-state index in [0.717, 1.165) is 6.08 Å². The highest BCUT2D eigenvalue weighted by Crippen LogP contribution is 2.13. The maximum atomic E-state index is 11.2. The van der Waals surface area contributed by atoms with Crippen LogP contribution in [0.25, 0.3) is 0 Å². The summed E-state index contributed by atoms with van der Waals surface area (Å²) in [5, 5.41) is 2.02. The summed E-state index contributed by atoms with van der Waals surface area (Å²) in [5.41, 5.74) is 0.109. The molecule has 2 amide bonds. The second-order valence-corrected chi connectivity index (χ2v) is 3.04. The summed E-state index contributed by atoms with van der Waals surface area (Å²) in [6.45, 7) is 3.21. The van der Waals surface area contributed by atoms with E-state index in [1.807, 2.05) is 5.32 Å². The number of esters is 1. The van der Waals surface area contributed by atoms with Gasteiger partial charge in [0.25, 0.3) is 11.8 Å². The van der Waals surface area contributed by atoms with Crippen molar-refractivity contribution in [3.63, 3.8) is 0 Å². The molecule has 84 valence electrons. The molecule has 0 atom stereocenters. The molecule has 5 nitrogen and oxygen atoms in total. The van der Waals surface area contributed by atoms with Crippen molar-refractivity contribution in [2.24, 2.45) is 0 Å². The summed E-state index contributed by atoms with van der Waals surface area (Å²) in [5.74, 6) is -2.15. The average Bonchev–Trinajstić information content (AvgIpc) is 2.46. The molecule has 0 saturated carbocycles. The molecule has 1 rings (SSSR count). The molecule has 1 aliphatic heterocycles. The van der Waals surface area contributed by atoms with E-state index in [-0.39, 0.29) is 11.3 Å². The van der Waals surface area contributed by atoms with Crippen molar-refractivity contribution in [1.29, 1.82) is 0 Å². The van der Waals surface area contributed by atoms with Gasteiger partial charge in [-0.3, -0.25) is 14.9 Å². The minimum atomic E-state index is -0.697. The Morgan fingerprint density at radius 1 is 1.25 bits per heavy atom. The van der Waals surface area contributed by atoms with E-state index in [0.29, 0.717) is 0 Å². The standard InChI is InChI=1S/C11H11NO4/c1-3-4-5-6-8(13)16-9-7(2)10(14)12-11(9)15/h3-6H,1-2H3,(H,12,14,15)/b4-3+,6-5+. The molecular weight excluding hydrogens is 210 g/mol. The minimum Gasteiger partial charge on any atom is -0.417 e. The van der Waals surface area contributed by atoms with Crippen molar-refractivity contribution < 1.29 is 19.1 Å². The zero-order valence-electron chi connectivity index (χ0n) is 8.94. The van der Waals surface area contributed by atoms with Crippen LogP contribution in [0, 0.1) is 0 Å². The summed E-state index contributed by atoms with van der Waals surface area (Å²) in [6.07, 6.45) is 6.02. The van der Waals surface area contributed by atoms with Crippen LogP contribution in [0.4, 0.5) is 0 Å². The Bertz CT molecular complexity index is 429. The lowest BCUT2D eigenvalue weighted by Gasteiger charge is -1.99. The number of amides is 2. The van der Waals surface area contributed by atoms with E-state index in [1.54, 1.807) is 19.1 Å². The quantitative estimate of drug-likeness (QED) is 0.327. The zero-order valence-corrected chi connectivity index (χ0v) is 8.94. The van der Waals surface area contributed by atoms with Crippen LogP contribution in [0.3, 0.4) is 0 Å². The largest absolute Gasteiger partial charge is 0.417 e. The molecule has 1 heterocycles. The summed E-state index contributed by atoms with van der Waals surface area (Å²) < 4.78 is 4.74. The smallest absolute Gasteiger partial charge is 0.336 e. The molecule has 0 bridgehead atoms. The van der Waals surface area contributed by atoms with Crippen molar-refractivity contribution in [1.82, 2.24) is 5.32 Å². The Balaban J connectivity index is 2.71. The summed E-state index contributed by atoms with van der Waals surface area (Å²) in [6, 6.07) is 0. The first-order valence-corrected chi connectivity index (χ1v) is 4.64. The number of hydrogen-bond acceptors (Lipinski definition) is 4. The van der Waals surface area contributed by atoms with Gasteiger partial charge in [0.15, 0.2) is 0 Å². The first kappa shape index (κ1) is 11.9. The number of hydrogen-bond donors (Lipinski definition) is 1. The SMILES string of the molecule is C/C=C/C=C/C(=O)OC1=C(C)C(=O)NC1=O. The van der Waals surface area contributed by atoms with Crippen molar-refractivity contribution >= 4 is 17.8 Å². The van der Waals surface area contributed by atoms with Gasteiger partial charge < -0.3 is 4.74 Å². The van der Waals surface area contributed by atoms with Gasteiger partial charge in [-0.15, -0.1) is 0 Å². The van der Waals surface area contributed by atoms with Gasteiger partial charge in [0.2, 0.25) is 5.76 Å². The lowest BCUT2D eigenvalue weighted by Crippen LogP contribution is -2.23. The molecule has 0 unspecified atom stereocenters. The van der Waals surface area contributed by atoms with Gasteiger partial charge in [-0.25, -0.2) is 4.79 Å². The van der Waals surface area contributed by atoms with Crippen LogP contribution < -0.4 is 5.32 Å². The first-order chi connectivity index (χ1) is 7.56. The Labute approximate surface area is 92.5 Å². The van der Waals surface area contributed by atoms with Crippen LogP contribution >= 0.6 is 0 Å². The number of nitrogens with one attached hydrogen (secondary N) is 1. The lowest BCUT2D eigenvalue weighted by atomic mass is 10.3. The molecule has 1 N–H and O–H groups in total. The molecule has 0 saturated heterocycles. The number of allylic oxidation sites excluding steroid dienone is 3. The molecule has 1 aliphatic rings. The van der Waals surface area contributed by atoms with Gasteiger partial charge in [0.05, 0.1) is 5.57 Å². The third-order valence-electron chi connectivity index (χ3n) is 1.85. The van der Waals surface area contributed by atoms with Gasteiger partial charge >= 0.3 is 5.97 Å². The molecule has 0 aromatic carbocycles. The fourth-order valence-electron chi connectivity index (χ4n) is 1.03. The number of rotatable bonds is 3. The second kappa shape index (κ2) is 5.06. The van der Waals surface area contributed by atoms with Gasteiger partial charge in [-0.05, 0) is 13.8 Å². The molecule has 0 radical (unpaired) electrons. The third kappa shape index (κ3) is 2.66. The number of carbonyl (C=O) groups excluding carboxylic acids is 3. The van der Waals surface area contributed by atoms with Crippen LogP contribution in [-0.4, -0.2) is 17.8 Å². The Kier molecular flexibility index (Phi) is 3.77. The molecule has 16 heavy (non-hydrogen) atoms. The van der Waals surface area contributed by atoms with Crippen LogP contribution in [0.5, 0.6) is 0 Å². The highest BCUT2D eigenvalue weighted by molar-refractivity contribution is 6.18. The maximum Gasteiger partial charge on any atom is 0.336 e. The first-order valence-electron chi connectivity index (χ1n) is 4.64.